The number of Topliss-reactive ketones (excluding diaryl/α,β-unsaturated/α-hetero) is 1. The summed E-state index contributed by atoms with van der Waals surface area (Å²) >= 11 is 0. The van der Waals surface area contributed by atoms with Crippen LogP contribution in [-0.4, -0.2) is 48.9 Å². The Balaban J connectivity index is 1.51. The maximum Gasteiger partial charge on any atom is 0.343 e. The van der Waals surface area contributed by atoms with Crippen molar-refractivity contribution >= 4 is 51.3 Å². The first-order valence-electron chi connectivity index (χ1n) is 17.9. The van der Waals surface area contributed by atoms with Crippen LogP contribution < -0.4 is 10.0 Å². The molecule has 0 radical (unpaired) electrons. The van der Waals surface area contributed by atoms with Crippen molar-refractivity contribution in [3.05, 3.63) is 179 Å². The lowest BCUT2D eigenvalue weighted by atomic mass is 9.54. The average molecular weight is 745 g/mol. The van der Waals surface area contributed by atoms with Crippen LogP contribution in [0.1, 0.15) is 22.3 Å². The molecule has 4 unspecified atom stereocenters. The number of methoxy groups -OCH3 is 2. The fourth-order valence-electron chi connectivity index (χ4n) is 10.2. The number of hydrogen-bond acceptors (Lipinski definition) is 9. The van der Waals surface area contributed by atoms with E-state index >= 15 is 14.4 Å². The number of carbonyl (C=O) groups excluding carboxylic acids is 3. The van der Waals surface area contributed by atoms with Gasteiger partial charge in [-0.15, -0.1) is 0 Å². The number of carbonyl (C=O) groups is 3. The minimum atomic E-state index is -2.50. The van der Waals surface area contributed by atoms with Crippen molar-refractivity contribution in [1.82, 2.24) is 0 Å². The van der Waals surface area contributed by atoms with E-state index in [2.05, 4.69) is 0 Å². The van der Waals surface area contributed by atoms with Gasteiger partial charge in [0.05, 0.1) is 37.0 Å². The minimum Gasteiger partial charge on any atom is -0.468 e. The second kappa shape index (κ2) is 11.5. The Morgan fingerprint density at radius 2 is 1.07 bits per heavy atom. The maximum atomic E-state index is 16.9. The third-order valence-electron chi connectivity index (χ3n) is 12.0. The maximum absolute atomic E-state index is 16.9. The highest BCUT2D eigenvalue weighted by molar-refractivity contribution is 6.45. The molecule has 6 aromatic carbocycles. The molecule has 2 heterocycles. The van der Waals surface area contributed by atoms with Gasteiger partial charge in [0.1, 0.15) is 22.6 Å². The molecule has 4 aliphatic rings. The van der Waals surface area contributed by atoms with Gasteiger partial charge in [-0.25, -0.2) is 18.6 Å². The predicted octanol–water partition coefficient (Wildman–Crippen LogP) is 7.07. The summed E-state index contributed by atoms with van der Waals surface area (Å²) in [5.74, 6) is -3.99. The van der Waals surface area contributed by atoms with Crippen LogP contribution >= 0.6 is 0 Å². The third kappa shape index (κ3) is 3.52. The van der Waals surface area contributed by atoms with Crippen molar-refractivity contribution in [2.75, 3.05) is 24.2 Å². The second-order valence-corrected chi connectivity index (χ2v) is 14.1. The van der Waals surface area contributed by atoms with Gasteiger partial charge in [-0.05, 0) is 81.6 Å². The molecular weight excluding hydrogens is 715 g/mol. The number of hydrazone groups is 2. The van der Waals surface area contributed by atoms with Crippen LogP contribution in [-0.2, 0) is 34.8 Å². The summed E-state index contributed by atoms with van der Waals surface area (Å²) in [6, 6.07) is 39.9. The van der Waals surface area contributed by atoms with Gasteiger partial charge >= 0.3 is 11.9 Å². The normalized spacial score (nSPS) is 25.4. The van der Waals surface area contributed by atoms with Gasteiger partial charge in [0.15, 0.2) is 5.78 Å². The molecule has 56 heavy (non-hydrogen) atoms. The van der Waals surface area contributed by atoms with Crippen LogP contribution in [0.25, 0.3) is 10.8 Å². The summed E-state index contributed by atoms with van der Waals surface area (Å²) in [7, 11) is 2.37. The molecule has 0 N–H and O–H groups in total. The number of benzene rings is 6. The van der Waals surface area contributed by atoms with Gasteiger partial charge in [0, 0.05) is 0 Å². The summed E-state index contributed by atoms with van der Waals surface area (Å²) in [6.45, 7) is 0. The summed E-state index contributed by atoms with van der Waals surface area (Å²) < 4.78 is 41.1. The molecule has 4 atom stereocenters. The molecule has 6 aromatic rings. The topological polar surface area (TPSA) is 101 Å². The fraction of sp³-hybridized carbons (Fsp3) is 0.133. The van der Waals surface area contributed by atoms with Gasteiger partial charge in [-0.2, -0.15) is 10.2 Å². The zero-order valence-electron chi connectivity index (χ0n) is 29.9. The largest absolute Gasteiger partial charge is 0.468 e. The molecule has 1 fully saturated rings. The highest BCUT2D eigenvalue weighted by atomic mass is 19.1. The number of nitrogens with zero attached hydrogens (tertiary/aromatic N) is 4. The van der Waals surface area contributed by atoms with Gasteiger partial charge in [0.25, 0.3) is 0 Å². The Labute approximate surface area is 319 Å². The van der Waals surface area contributed by atoms with Gasteiger partial charge < -0.3 is 9.47 Å². The van der Waals surface area contributed by atoms with Crippen molar-refractivity contribution in [3.63, 3.8) is 0 Å². The minimum absolute atomic E-state index is 0.0634. The van der Waals surface area contributed by atoms with Crippen LogP contribution in [0.15, 0.2) is 156 Å². The average Bonchev–Trinajstić information content (AvgIpc) is 3.88. The Kier molecular flexibility index (Phi) is 6.89. The van der Waals surface area contributed by atoms with Gasteiger partial charge in [0.2, 0.25) is 11.0 Å². The summed E-state index contributed by atoms with van der Waals surface area (Å²) in [5.41, 5.74) is -6.48. The molecule has 0 bridgehead atoms. The number of para-hydroxylation sites is 2. The Bertz CT molecular complexity index is 2720. The van der Waals surface area contributed by atoms with E-state index in [4.69, 9.17) is 19.7 Å². The molecule has 274 valence electrons. The lowest BCUT2D eigenvalue weighted by molar-refractivity contribution is -0.157. The highest BCUT2D eigenvalue weighted by Crippen LogP contribution is 2.79. The van der Waals surface area contributed by atoms with Gasteiger partial charge in [-0.1, -0.05) is 97.1 Å². The smallest absolute Gasteiger partial charge is 0.343 e. The molecule has 0 saturated heterocycles. The number of esters is 2. The van der Waals surface area contributed by atoms with Crippen molar-refractivity contribution < 1.29 is 32.6 Å². The molecule has 1 saturated carbocycles. The molecule has 2 spiro atoms. The zero-order chi connectivity index (χ0) is 38.6. The van der Waals surface area contributed by atoms with E-state index in [9.17, 15) is 8.78 Å². The van der Waals surface area contributed by atoms with Crippen LogP contribution in [0, 0.1) is 17.0 Å². The Morgan fingerprint density at radius 1 is 0.571 bits per heavy atom. The molecule has 9 nitrogen and oxygen atoms in total. The highest BCUT2D eigenvalue weighted by Gasteiger charge is 2.99. The first kappa shape index (κ1) is 33.6. The number of rotatable bonds is 6. The molecule has 0 aromatic heterocycles. The Morgan fingerprint density at radius 3 is 1.62 bits per heavy atom. The van der Waals surface area contributed by atoms with Crippen LogP contribution in [0.4, 0.5) is 20.2 Å². The molecule has 2 aliphatic heterocycles. The predicted molar refractivity (Wildman–Crippen MR) is 205 cm³/mol. The van der Waals surface area contributed by atoms with E-state index < -0.39 is 51.3 Å². The lowest BCUT2D eigenvalue weighted by Gasteiger charge is -2.50. The Hall–Kier alpha value is -7.01. The van der Waals surface area contributed by atoms with Crippen molar-refractivity contribution in [2.24, 2.45) is 15.6 Å². The van der Waals surface area contributed by atoms with Crippen molar-refractivity contribution in [1.29, 1.82) is 0 Å². The molecule has 0 amide bonds. The molecule has 10 rings (SSSR count). The van der Waals surface area contributed by atoms with Crippen LogP contribution in [0.3, 0.4) is 0 Å². The number of ketones is 1. The number of hydrogen-bond donors (Lipinski definition) is 0. The van der Waals surface area contributed by atoms with E-state index in [0.717, 1.165) is 5.39 Å². The monoisotopic (exact) mass is 744 g/mol. The van der Waals surface area contributed by atoms with Crippen LogP contribution in [0.5, 0.6) is 0 Å². The first-order valence-corrected chi connectivity index (χ1v) is 17.9. The standard InChI is InChI=1S/C45H30F2N4O5/c1-55-40(53)42-37(28-19-23-30(46)24-20-28)48-51(33-15-7-4-8-16-33)45(42)35-18-10-12-27-11-9-17-34(36(27)35)43(45)38(29-21-25-31(47)26-22-29)49-50(32-13-5-3-6-14-32)44(43,39(42)52)41(54)56-2/h3-26H,1-2H3. The van der Waals surface area contributed by atoms with E-state index in [-0.39, 0.29) is 17.0 Å². The third-order valence-corrected chi connectivity index (χ3v) is 12.0. The second-order valence-electron chi connectivity index (χ2n) is 14.1. The van der Waals surface area contributed by atoms with Crippen molar-refractivity contribution in [3.8, 4) is 0 Å². The van der Waals surface area contributed by atoms with Crippen molar-refractivity contribution in [2.45, 2.75) is 16.5 Å². The summed E-state index contributed by atoms with van der Waals surface area (Å²) in [5, 5.41) is 15.0. The molecular formula is C45H30F2N4O5. The van der Waals surface area contributed by atoms with Crippen LogP contribution in [0.2, 0.25) is 0 Å². The summed E-state index contributed by atoms with van der Waals surface area (Å²) in [6.07, 6.45) is 0. The SMILES string of the molecule is COC(=O)C12C(=O)C3(C(=O)OC)N(c4ccccc4)N=C(c4ccc(F)cc4)C34c3cccc5cccc(c35)C14N(c1ccccc1)N=C2c1ccc(F)cc1. The molecule has 2 aliphatic carbocycles. The molecule has 11 heteroatoms. The number of anilines is 2. The lowest BCUT2D eigenvalue weighted by Crippen LogP contribution is -2.71. The summed E-state index contributed by atoms with van der Waals surface area (Å²) in [4.78, 5) is 48.1. The van der Waals surface area contributed by atoms with E-state index in [1.54, 1.807) is 71.7 Å². The first-order chi connectivity index (χ1) is 27.3. The number of halogens is 2. The van der Waals surface area contributed by atoms with E-state index in [1.807, 2.05) is 42.5 Å². The van der Waals surface area contributed by atoms with E-state index in [1.165, 1.54) is 55.6 Å². The van der Waals surface area contributed by atoms with E-state index in [0.29, 0.717) is 33.5 Å². The fourth-order valence-corrected chi connectivity index (χ4v) is 10.2. The van der Waals surface area contributed by atoms with Gasteiger partial charge in [-0.3, -0.25) is 14.6 Å². The quantitative estimate of drug-likeness (QED) is 0.133. The zero-order valence-corrected chi connectivity index (χ0v) is 29.9. The number of ether oxygens (including phenoxy) is 2.